The molecule has 0 aromatic heterocycles. The zero-order valence-electron chi connectivity index (χ0n) is 12.8. The number of hydrogen-bond donors (Lipinski definition) is 2. The van der Waals surface area contributed by atoms with Gasteiger partial charge in [-0.05, 0) is 29.7 Å². The van der Waals surface area contributed by atoms with Gasteiger partial charge in [0, 0.05) is 12.3 Å². The van der Waals surface area contributed by atoms with Crippen molar-refractivity contribution in [1.82, 2.24) is 5.32 Å². The average molecular weight is 333 g/mol. The van der Waals surface area contributed by atoms with E-state index in [9.17, 15) is 4.79 Å². The molecule has 1 amide bonds. The molecule has 122 valence electrons. The van der Waals surface area contributed by atoms with Crippen molar-refractivity contribution < 1.29 is 9.53 Å². The van der Waals surface area contributed by atoms with Gasteiger partial charge in [0.15, 0.2) is 0 Å². The molecule has 1 aliphatic heterocycles. The third-order valence-electron chi connectivity index (χ3n) is 3.91. The second-order valence-electron chi connectivity index (χ2n) is 5.58. The lowest BCUT2D eigenvalue weighted by Crippen LogP contribution is -2.37. The first-order chi connectivity index (χ1) is 10.7. The molecule has 5 heteroatoms. The molecule has 1 saturated heterocycles. The Balaban J connectivity index is 0.00000192. The fourth-order valence-electron chi connectivity index (χ4n) is 2.79. The summed E-state index contributed by atoms with van der Waals surface area (Å²) in [7, 11) is 0. The van der Waals surface area contributed by atoms with Crippen LogP contribution in [0.3, 0.4) is 0 Å². The summed E-state index contributed by atoms with van der Waals surface area (Å²) in [6.07, 6.45) is 1.14. The van der Waals surface area contributed by atoms with E-state index in [1.807, 2.05) is 54.6 Å². The van der Waals surface area contributed by atoms with Crippen LogP contribution >= 0.6 is 12.4 Å². The van der Waals surface area contributed by atoms with Crippen LogP contribution in [-0.4, -0.2) is 18.6 Å². The fraction of sp³-hybridized carbons (Fsp3) is 0.278. The van der Waals surface area contributed by atoms with E-state index in [0.29, 0.717) is 18.7 Å². The smallest absolute Gasteiger partial charge is 0.224 e. The molecule has 23 heavy (non-hydrogen) atoms. The van der Waals surface area contributed by atoms with Crippen molar-refractivity contribution >= 4 is 24.0 Å². The first kappa shape index (κ1) is 17.3. The molecule has 2 aromatic rings. The molecule has 0 radical (unpaired) electrons. The van der Waals surface area contributed by atoms with Gasteiger partial charge in [0.25, 0.3) is 0 Å². The number of nitrogens with one attached hydrogen (secondary N) is 1. The quantitative estimate of drug-likeness (QED) is 0.846. The first-order valence-corrected chi connectivity index (χ1v) is 7.53. The lowest BCUT2D eigenvalue weighted by molar-refractivity contribution is -0.121. The predicted molar refractivity (Wildman–Crippen MR) is 93.5 cm³/mol. The SMILES string of the molecule is Cl.Nc1ccc(CC(=O)NC2CCOC2c2ccccc2)cc1. The van der Waals surface area contributed by atoms with E-state index in [2.05, 4.69) is 5.32 Å². The maximum atomic E-state index is 12.2. The minimum Gasteiger partial charge on any atom is -0.399 e. The van der Waals surface area contributed by atoms with E-state index in [0.717, 1.165) is 17.5 Å². The molecule has 0 bridgehead atoms. The van der Waals surface area contributed by atoms with Crippen LogP contribution in [0.4, 0.5) is 5.69 Å². The molecular formula is C18H21ClN2O2. The molecule has 2 aromatic carbocycles. The summed E-state index contributed by atoms with van der Waals surface area (Å²) in [5, 5.41) is 3.10. The van der Waals surface area contributed by atoms with Gasteiger partial charge in [0.05, 0.1) is 12.5 Å². The Hall–Kier alpha value is -2.04. The van der Waals surface area contributed by atoms with Gasteiger partial charge in [-0.1, -0.05) is 42.5 Å². The number of halogens is 1. The Labute approximate surface area is 142 Å². The molecule has 3 rings (SSSR count). The lowest BCUT2D eigenvalue weighted by atomic mass is 10.0. The van der Waals surface area contributed by atoms with Gasteiger partial charge in [0.2, 0.25) is 5.91 Å². The van der Waals surface area contributed by atoms with Gasteiger partial charge >= 0.3 is 0 Å². The van der Waals surface area contributed by atoms with E-state index in [-0.39, 0.29) is 30.5 Å². The monoisotopic (exact) mass is 332 g/mol. The number of carbonyl (C=O) groups is 1. The summed E-state index contributed by atoms with van der Waals surface area (Å²) in [6.45, 7) is 0.673. The zero-order valence-corrected chi connectivity index (χ0v) is 13.6. The van der Waals surface area contributed by atoms with E-state index < -0.39 is 0 Å². The standard InChI is InChI=1S/C18H20N2O2.ClH/c19-15-8-6-13(7-9-15)12-17(21)20-16-10-11-22-18(16)14-4-2-1-3-5-14;/h1-9,16,18H,10-12,19H2,(H,20,21);1H. The van der Waals surface area contributed by atoms with Crippen LogP contribution < -0.4 is 11.1 Å². The van der Waals surface area contributed by atoms with Crippen LogP contribution in [0.1, 0.15) is 23.7 Å². The third kappa shape index (κ3) is 4.47. The van der Waals surface area contributed by atoms with Crippen molar-refractivity contribution in [2.24, 2.45) is 0 Å². The predicted octanol–water partition coefficient (Wildman–Crippen LogP) is 2.88. The van der Waals surface area contributed by atoms with Crippen LogP contribution in [0.2, 0.25) is 0 Å². The number of benzene rings is 2. The van der Waals surface area contributed by atoms with Gasteiger partial charge in [0.1, 0.15) is 6.10 Å². The van der Waals surface area contributed by atoms with Crippen molar-refractivity contribution in [2.75, 3.05) is 12.3 Å². The number of carbonyl (C=O) groups excluding carboxylic acids is 1. The highest BCUT2D eigenvalue weighted by Crippen LogP contribution is 2.28. The van der Waals surface area contributed by atoms with Crippen molar-refractivity contribution in [2.45, 2.75) is 25.0 Å². The highest BCUT2D eigenvalue weighted by atomic mass is 35.5. The minimum atomic E-state index is -0.0587. The number of rotatable bonds is 4. The minimum absolute atomic E-state index is 0. The maximum absolute atomic E-state index is 12.2. The first-order valence-electron chi connectivity index (χ1n) is 7.53. The molecule has 0 aliphatic carbocycles. The highest BCUT2D eigenvalue weighted by Gasteiger charge is 2.30. The Morgan fingerprint density at radius 1 is 1.13 bits per heavy atom. The van der Waals surface area contributed by atoms with Crippen LogP contribution in [0, 0.1) is 0 Å². The fourth-order valence-corrected chi connectivity index (χ4v) is 2.79. The maximum Gasteiger partial charge on any atom is 0.224 e. The molecule has 2 atom stereocenters. The van der Waals surface area contributed by atoms with Gasteiger partial charge in [-0.15, -0.1) is 12.4 Å². The number of amides is 1. The summed E-state index contributed by atoms with van der Waals surface area (Å²) >= 11 is 0. The molecule has 3 N–H and O–H groups in total. The molecular weight excluding hydrogens is 312 g/mol. The second kappa shape index (κ2) is 7.99. The number of hydrogen-bond acceptors (Lipinski definition) is 3. The van der Waals surface area contributed by atoms with Crippen molar-refractivity contribution in [1.29, 1.82) is 0 Å². The van der Waals surface area contributed by atoms with E-state index in [1.54, 1.807) is 0 Å². The molecule has 0 saturated carbocycles. The van der Waals surface area contributed by atoms with Gasteiger partial charge in [-0.2, -0.15) is 0 Å². The van der Waals surface area contributed by atoms with Crippen LogP contribution in [0.5, 0.6) is 0 Å². The van der Waals surface area contributed by atoms with Gasteiger partial charge in [-0.25, -0.2) is 0 Å². The van der Waals surface area contributed by atoms with Crippen molar-refractivity contribution in [3.63, 3.8) is 0 Å². The van der Waals surface area contributed by atoms with Crippen LogP contribution in [-0.2, 0) is 16.0 Å². The third-order valence-corrected chi connectivity index (χ3v) is 3.91. The van der Waals surface area contributed by atoms with Crippen LogP contribution in [0.15, 0.2) is 54.6 Å². The topological polar surface area (TPSA) is 64.4 Å². The van der Waals surface area contributed by atoms with Gasteiger partial charge in [-0.3, -0.25) is 4.79 Å². The molecule has 4 nitrogen and oxygen atoms in total. The largest absolute Gasteiger partial charge is 0.399 e. The summed E-state index contributed by atoms with van der Waals surface area (Å²) in [5.74, 6) is 0.0150. The Morgan fingerprint density at radius 3 is 2.52 bits per heavy atom. The van der Waals surface area contributed by atoms with E-state index in [1.165, 1.54) is 0 Å². The summed E-state index contributed by atoms with van der Waals surface area (Å²) in [5.41, 5.74) is 8.43. The van der Waals surface area contributed by atoms with E-state index in [4.69, 9.17) is 10.5 Å². The van der Waals surface area contributed by atoms with Crippen molar-refractivity contribution in [3.8, 4) is 0 Å². The number of ether oxygens (including phenoxy) is 1. The summed E-state index contributed by atoms with van der Waals surface area (Å²) < 4.78 is 5.79. The molecule has 1 aliphatic rings. The number of anilines is 1. The van der Waals surface area contributed by atoms with E-state index >= 15 is 0 Å². The van der Waals surface area contributed by atoms with Gasteiger partial charge < -0.3 is 15.8 Å². The highest BCUT2D eigenvalue weighted by molar-refractivity contribution is 5.85. The lowest BCUT2D eigenvalue weighted by Gasteiger charge is -2.20. The Morgan fingerprint density at radius 2 is 1.83 bits per heavy atom. The van der Waals surface area contributed by atoms with Crippen molar-refractivity contribution in [3.05, 3.63) is 65.7 Å². The second-order valence-corrected chi connectivity index (χ2v) is 5.58. The molecule has 1 heterocycles. The summed E-state index contributed by atoms with van der Waals surface area (Å²) in [4.78, 5) is 12.2. The number of nitrogen functional groups attached to an aromatic ring is 1. The zero-order chi connectivity index (χ0) is 15.4. The number of nitrogens with two attached hydrogens (primary N) is 1. The molecule has 0 spiro atoms. The van der Waals surface area contributed by atoms with Crippen LogP contribution in [0.25, 0.3) is 0 Å². The molecule has 2 unspecified atom stereocenters. The normalized spacial score (nSPS) is 19.8. The summed E-state index contributed by atoms with van der Waals surface area (Å²) in [6, 6.07) is 17.5. The Kier molecular flexibility index (Phi) is 6.02. The molecule has 1 fully saturated rings. The average Bonchev–Trinajstić information content (AvgIpc) is 2.98. The Bertz CT molecular complexity index is 631.